The first-order valence-corrected chi connectivity index (χ1v) is 18.5. The molecule has 0 fully saturated rings. The van der Waals surface area contributed by atoms with Crippen LogP contribution in [0.4, 0.5) is 0 Å². The standard InChI is InChI=1S/C16H33ClO6Si3/c1-9-15(18)21-13-14(17)16(19)20-11-10-12-25(5,6)23-26(7,8)22-24(2,3)4/h9,14H,1,10-13H2,2-8H3. The average molecular weight is 441 g/mol. The summed E-state index contributed by atoms with van der Waals surface area (Å²) in [6.07, 6.45) is 1.71. The molecule has 0 rings (SSSR count). The molecule has 0 spiro atoms. The Bertz CT molecular complexity index is 491. The SMILES string of the molecule is C=CC(=O)OCC(Cl)C(=O)OCCC[Si](C)(C)O[Si](C)(C)O[Si](C)(C)C. The lowest BCUT2D eigenvalue weighted by atomic mass is 10.4. The minimum absolute atomic E-state index is 0.234. The van der Waals surface area contributed by atoms with Crippen molar-refractivity contribution in [2.75, 3.05) is 13.2 Å². The quantitative estimate of drug-likeness (QED) is 0.150. The van der Waals surface area contributed by atoms with Crippen LogP contribution in [-0.4, -0.2) is 55.7 Å². The van der Waals surface area contributed by atoms with E-state index in [1.807, 2.05) is 0 Å². The van der Waals surface area contributed by atoms with E-state index in [2.05, 4.69) is 52.4 Å². The molecular weight excluding hydrogens is 408 g/mol. The summed E-state index contributed by atoms with van der Waals surface area (Å²) in [7, 11) is -5.72. The number of hydrogen-bond donors (Lipinski definition) is 0. The van der Waals surface area contributed by atoms with Gasteiger partial charge in [-0.25, -0.2) is 4.79 Å². The second kappa shape index (κ2) is 10.8. The number of hydrogen-bond acceptors (Lipinski definition) is 6. The molecule has 6 nitrogen and oxygen atoms in total. The number of alkyl halides is 1. The van der Waals surface area contributed by atoms with Gasteiger partial charge in [0.05, 0.1) is 6.61 Å². The molecular formula is C16H33ClO6Si3. The summed E-state index contributed by atoms with van der Waals surface area (Å²) in [4.78, 5) is 22.7. The summed E-state index contributed by atoms with van der Waals surface area (Å²) >= 11 is 5.84. The van der Waals surface area contributed by atoms with Crippen molar-refractivity contribution in [2.24, 2.45) is 0 Å². The molecule has 0 aliphatic carbocycles. The zero-order chi connectivity index (χ0) is 20.6. The van der Waals surface area contributed by atoms with Crippen molar-refractivity contribution in [3.63, 3.8) is 0 Å². The van der Waals surface area contributed by atoms with E-state index in [0.717, 1.165) is 12.1 Å². The zero-order valence-electron chi connectivity index (χ0n) is 17.0. The Kier molecular flexibility index (Phi) is 10.6. The molecule has 0 bridgehead atoms. The van der Waals surface area contributed by atoms with E-state index in [-0.39, 0.29) is 13.2 Å². The number of rotatable bonds is 12. The largest absolute Gasteiger partial charge is 0.465 e. The van der Waals surface area contributed by atoms with E-state index >= 15 is 0 Å². The van der Waals surface area contributed by atoms with E-state index in [1.165, 1.54) is 0 Å². The molecule has 0 aromatic carbocycles. The number of carbonyl (C=O) groups excluding carboxylic acids is 2. The first-order valence-electron chi connectivity index (χ1n) is 8.68. The molecule has 0 heterocycles. The maximum atomic E-state index is 11.8. The first kappa shape index (κ1) is 25.5. The van der Waals surface area contributed by atoms with Gasteiger partial charge < -0.3 is 17.7 Å². The second-order valence-corrected chi connectivity index (χ2v) is 21.3. The molecule has 152 valence electrons. The van der Waals surface area contributed by atoms with Crippen LogP contribution in [0.25, 0.3) is 0 Å². The minimum Gasteiger partial charge on any atom is -0.465 e. The summed E-state index contributed by atoms with van der Waals surface area (Å²) in [5.41, 5.74) is 0. The van der Waals surface area contributed by atoms with E-state index in [0.29, 0.717) is 6.42 Å². The van der Waals surface area contributed by atoms with Crippen LogP contribution in [0, 0.1) is 0 Å². The molecule has 10 heteroatoms. The molecule has 0 amide bonds. The number of carbonyl (C=O) groups is 2. The molecule has 1 unspecified atom stereocenters. The third kappa shape index (κ3) is 12.8. The molecule has 0 radical (unpaired) electrons. The second-order valence-electron chi connectivity index (χ2n) is 8.05. The van der Waals surface area contributed by atoms with Crippen LogP contribution in [0.15, 0.2) is 12.7 Å². The highest BCUT2D eigenvalue weighted by Crippen LogP contribution is 2.23. The van der Waals surface area contributed by atoms with Gasteiger partial charge in [-0.3, -0.25) is 4.79 Å². The molecule has 0 aliphatic rings. The molecule has 0 aliphatic heterocycles. The van der Waals surface area contributed by atoms with Crippen LogP contribution in [-0.2, 0) is 27.3 Å². The maximum Gasteiger partial charge on any atom is 0.330 e. The zero-order valence-corrected chi connectivity index (χ0v) is 20.8. The average Bonchev–Trinajstić information content (AvgIpc) is 2.44. The lowest BCUT2D eigenvalue weighted by Crippen LogP contribution is -2.51. The Morgan fingerprint density at radius 3 is 2.12 bits per heavy atom. The van der Waals surface area contributed by atoms with Crippen molar-refractivity contribution in [3.05, 3.63) is 12.7 Å². The van der Waals surface area contributed by atoms with Crippen molar-refractivity contribution in [2.45, 2.75) is 63.7 Å². The molecule has 0 aromatic heterocycles. The predicted octanol–water partition coefficient (Wildman–Crippen LogP) is 4.03. The Labute approximate surface area is 165 Å². The van der Waals surface area contributed by atoms with E-state index < -0.39 is 42.5 Å². The fourth-order valence-electron chi connectivity index (χ4n) is 2.52. The smallest absolute Gasteiger partial charge is 0.330 e. The summed E-state index contributed by atoms with van der Waals surface area (Å²) in [5, 5.41) is -1.02. The Balaban J connectivity index is 4.23. The summed E-state index contributed by atoms with van der Waals surface area (Å²) in [6, 6.07) is 0.851. The normalized spacial score (nSPS) is 13.8. The van der Waals surface area contributed by atoms with E-state index in [4.69, 9.17) is 29.3 Å². The van der Waals surface area contributed by atoms with Crippen LogP contribution in [0.2, 0.25) is 51.9 Å². The molecule has 0 aromatic rings. The molecule has 1 atom stereocenters. The third-order valence-electron chi connectivity index (χ3n) is 3.04. The first-order chi connectivity index (χ1) is 11.7. The van der Waals surface area contributed by atoms with Gasteiger partial charge >= 0.3 is 20.5 Å². The lowest BCUT2D eigenvalue weighted by molar-refractivity contribution is -0.146. The molecule has 26 heavy (non-hydrogen) atoms. The highest BCUT2D eigenvalue weighted by Gasteiger charge is 2.37. The Hall–Kier alpha value is -0.459. The van der Waals surface area contributed by atoms with Crippen molar-refractivity contribution in [1.29, 1.82) is 0 Å². The van der Waals surface area contributed by atoms with Crippen molar-refractivity contribution < 1.29 is 27.3 Å². The summed E-state index contributed by atoms with van der Waals surface area (Å²) in [5.74, 6) is -1.22. The van der Waals surface area contributed by atoms with Gasteiger partial charge in [-0.1, -0.05) is 6.58 Å². The highest BCUT2D eigenvalue weighted by atomic mass is 35.5. The number of esters is 2. The van der Waals surface area contributed by atoms with Gasteiger partial charge in [-0.2, -0.15) is 0 Å². The van der Waals surface area contributed by atoms with Crippen molar-refractivity contribution in [3.8, 4) is 0 Å². The van der Waals surface area contributed by atoms with Gasteiger partial charge in [0, 0.05) is 6.08 Å². The van der Waals surface area contributed by atoms with E-state index in [9.17, 15) is 9.59 Å². The molecule has 0 saturated carbocycles. The molecule has 0 N–H and O–H groups in total. The van der Waals surface area contributed by atoms with Crippen molar-refractivity contribution >= 4 is 48.7 Å². The third-order valence-corrected chi connectivity index (χ3v) is 13.5. The van der Waals surface area contributed by atoms with Crippen LogP contribution in [0.5, 0.6) is 0 Å². The Morgan fingerprint density at radius 1 is 1.04 bits per heavy atom. The van der Waals surface area contributed by atoms with Crippen LogP contribution < -0.4 is 0 Å². The van der Waals surface area contributed by atoms with Gasteiger partial charge in [0.25, 0.3) is 0 Å². The fraction of sp³-hybridized carbons (Fsp3) is 0.750. The fourth-order valence-corrected chi connectivity index (χ4v) is 15.8. The Morgan fingerprint density at radius 2 is 1.62 bits per heavy atom. The lowest BCUT2D eigenvalue weighted by Gasteiger charge is -2.37. The highest BCUT2D eigenvalue weighted by molar-refractivity contribution is 6.87. The van der Waals surface area contributed by atoms with Gasteiger partial charge in [0.15, 0.2) is 22.0 Å². The van der Waals surface area contributed by atoms with Gasteiger partial charge in [-0.05, 0) is 58.3 Å². The number of halogens is 1. The van der Waals surface area contributed by atoms with Crippen LogP contribution in [0.3, 0.4) is 0 Å². The maximum absolute atomic E-state index is 11.8. The van der Waals surface area contributed by atoms with Crippen molar-refractivity contribution in [1.82, 2.24) is 0 Å². The number of ether oxygens (including phenoxy) is 2. The van der Waals surface area contributed by atoms with Gasteiger partial charge in [-0.15, -0.1) is 11.6 Å². The summed E-state index contributed by atoms with van der Waals surface area (Å²) < 4.78 is 22.5. The summed E-state index contributed by atoms with van der Waals surface area (Å²) in [6.45, 7) is 18.2. The van der Waals surface area contributed by atoms with E-state index in [1.54, 1.807) is 0 Å². The monoisotopic (exact) mass is 440 g/mol. The topological polar surface area (TPSA) is 71.1 Å². The molecule has 0 saturated heterocycles. The van der Waals surface area contributed by atoms with Crippen LogP contribution in [0.1, 0.15) is 6.42 Å². The predicted molar refractivity (Wildman–Crippen MR) is 112 cm³/mol. The van der Waals surface area contributed by atoms with Gasteiger partial charge in [0.1, 0.15) is 6.61 Å². The van der Waals surface area contributed by atoms with Crippen LogP contribution >= 0.6 is 11.6 Å². The minimum atomic E-state index is -2.16. The van der Waals surface area contributed by atoms with Gasteiger partial charge in [0.2, 0.25) is 0 Å².